The van der Waals surface area contributed by atoms with Gasteiger partial charge in [0.25, 0.3) is 5.91 Å². The van der Waals surface area contributed by atoms with E-state index in [1.54, 1.807) is 6.07 Å². The topological polar surface area (TPSA) is 64.2 Å². The third-order valence-corrected chi connectivity index (χ3v) is 4.55. The van der Waals surface area contributed by atoms with Gasteiger partial charge < -0.3 is 14.0 Å². The van der Waals surface area contributed by atoms with Crippen LogP contribution in [-0.2, 0) is 13.0 Å². The normalized spacial score (nSPS) is 18.3. The molecular formula is C18H26N4O2. The smallest absolute Gasteiger partial charge is 0.276 e. The second kappa shape index (κ2) is 7.20. The van der Waals surface area contributed by atoms with Crippen LogP contribution in [-0.4, -0.2) is 38.6 Å². The summed E-state index contributed by atoms with van der Waals surface area (Å²) in [6.07, 6.45) is 6.71. The lowest BCUT2D eigenvalue weighted by Gasteiger charge is -2.32. The van der Waals surface area contributed by atoms with Crippen LogP contribution in [0.15, 0.2) is 23.0 Å². The molecule has 0 N–H and O–H groups in total. The van der Waals surface area contributed by atoms with Gasteiger partial charge in [-0.1, -0.05) is 19.0 Å². The van der Waals surface area contributed by atoms with Crippen molar-refractivity contribution in [3.63, 3.8) is 0 Å². The summed E-state index contributed by atoms with van der Waals surface area (Å²) in [5.41, 5.74) is 0.421. The molecule has 0 spiro atoms. The molecule has 3 rings (SSSR count). The minimum absolute atomic E-state index is 0.0342. The fraction of sp³-hybridized carbons (Fsp3) is 0.611. The van der Waals surface area contributed by atoms with Crippen LogP contribution in [0.25, 0.3) is 0 Å². The van der Waals surface area contributed by atoms with Gasteiger partial charge in [0, 0.05) is 50.4 Å². The van der Waals surface area contributed by atoms with Crippen LogP contribution >= 0.6 is 0 Å². The molecular weight excluding hydrogens is 304 g/mol. The van der Waals surface area contributed by atoms with Crippen molar-refractivity contribution in [2.24, 2.45) is 5.92 Å². The number of aryl methyl sites for hydroxylation is 1. The van der Waals surface area contributed by atoms with Crippen LogP contribution in [0, 0.1) is 5.92 Å². The number of likely N-dealkylation sites (tertiary alicyclic amines) is 1. The van der Waals surface area contributed by atoms with Gasteiger partial charge in [-0.3, -0.25) is 4.79 Å². The fourth-order valence-electron chi connectivity index (χ4n) is 3.39. The van der Waals surface area contributed by atoms with E-state index in [1.165, 1.54) is 0 Å². The largest absolute Gasteiger partial charge is 0.361 e. The molecule has 130 valence electrons. The van der Waals surface area contributed by atoms with E-state index in [-0.39, 0.29) is 5.91 Å². The molecule has 1 amide bonds. The average Bonchev–Trinajstić information content (AvgIpc) is 3.22. The Morgan fingerprint density at radius 1 is 1.46 bits per heavy atom. The molecule has 0 unspecified atom stereocenters. The molecule has 1 aliphatic heterocycles. The summed E-state index contributed by atoms with van der Waals surface area (Å²) in [6.45, 7) is 8.73. The zero-order chi connectivity index (χ0) is 17.1. The number of rotatable bonds is 5. The van der Waals surface area contributed by atoms with Crippen LogP contribution < -0.4 is 0 Å². The highest BCUT2D eigenvalue weighted by atomic mass is 16.5. The molecule has 2 aromatic rings. The summed E-state index contributed by atoms with van der Waals surface area (Å²) in [7, 11) is 0. The van der Waals surface area contributed by atoms with Crippen LogP contribution in [0.2, 0.25) is 0 Å². The second-order valence-electron chi connectivity index (χ2n) is 6.94. The number of carbonyl (C=O) groups is 1. The third-order valence-electron chi connectivity index (χ3n) is 4.55. The van der Waals surface area contributed by atoms with Gasteiger partial charge in [0.05, 0.1) is 0 Å². The molecule has 6 heteroatoms. The molecule has 2 aromatic heterocycles. The van der Waals surface area contributed by atoms with Crippen LogP contribution in [0.5, 0.6) is 0 Å². The van der Waals surface area contributed by atoms with Crippen molar-refractivity contribution < 1.29 is 9.32 Å². The van der Waals surface area contributed by atoms with Crippen LogP contribution in [0.4, 0.5) is 0 Å². The third kappa shape index (κ3) is 3.52. The maximum Gasteiger partial charge on any atom is 0.276 e. The molecule has 0 radical (unpaired) electrons. The minimum atomic E-state index is -0.0342. The SMILES string of the molecule is CCn1ccnc1[C@@H]1CCCN(C(=O)c2cc(CC(C)C)on2)C1. The van der Waals surface area contributed by atoms with Crippen LogP contribution in [0.1, 0.15) is 61.6 Å². The van der Waals surface area contributed by atoms with Crippen molar-refractivity contribution in [3.05, 3.63) is 35.7 Å². The number of hydrogen-bond acceptors (Lipinski definition) is 4. The number of piperidine rings is 1. The van der Waals surface area contributed by atoms with Gasteiger partial charge in [0.1, 0.15) is 11.6 Å². The molecule has 1 fully saturated rings. The highest BCUT2D eigenvalue weighted by Gasteiger charge is 2.29. The van der Waals surface area contributed by atoms with E-state index in [4.69, 9.17) is 4.52 Å². The summed E-state index contributed by atoms with van der Waals surface area (Å²) in [4.78, 5) is 19.1. The first-order valence-electron chi connectivity index (χ1n) is 8.84. The lowest BCUT2D eigenvalue weighted by molar-refractivity contribution is 0.0693. The van der Waals surface area contributed by atoms with E-state index in [1.807, 2.05) is 17.3 Å². The summed E-state index contributed by atoms with van der Waals surface area (Å²) in [5, 5.41) is 3.98. The summed E-state index contributed by atoms with van der Waals surface area (Å²) < 4.78 is 7.47. The van der Waals surface area contributed by atoms with Gasteiger partial charge in [0.2, 0.25) is 0 Å². The molecule has 24 heavy (non-hydrogen) atoms. The zero-order valence-electron chi connectivity index (χ0n) is 14.7. The quantitative estimate of drug-likeness (QED) is 0.845. The Balaban J connectivity index is 1.70. The maximum absolute atomic E-state index is 12.7. The van der Waals surface area contributed by atoms with Crippen molar-refractivity contribution in [3.8, 4) is 0 Å². The average molecular weight is 330 g/mol. The lowest BCUT2D eigenvalue weighted by Crippen LogP contribution is -2.39. The predicted molar refractivity (Wildman–Crippen MR) is 90.8 cm³/mol. The van der Waals surface area contributed by atoms with Gasteiger partial charge in [-0.15, -0.1) is 0 Å². The number of imidazole rings is 1. The number of amides is 1. The fourth-order valence-corrected chi connectivity index (χ4v) is 3.39. The molecule has 0 aromatic carbocycles. The first-order valence-corrected chi connectivity index (χ1v) is 8.84. The van der Waals surface area contributed by atoms with Gasteiger partial charge in [-0.2, -0.15) is 0 Å². The highest BCUT2D eigenvalue weighted by Crippen LogP contribution is 2.27. The van der Waals surface area contributed by atoms with Gasteiger partial charge in [-0.25, -0.2) is 4.98 Å². The zero-order valence-corrected chi connectivity index (χ0v) is 14.7. The molecule has 3 heterocycles. The first-order chi connectivity index (χ1) is 11.6. The molecule has 1 saturated heterocycles. The van der Waals surface area contributed by atoms with Gasteiger partial charge in [-0.05, 0) is 25.7 Å². The van der Waals surface area contributed by atoms with Crippen LogP contribution in [0.3, 0.4) is 0 Å². The van der Waals surface area contributed by atoms with Crippen molar-refractivity contribution in [1.82, 2.24) is 19.6 Å². The van der Waals surface area contributed by atoms with E-state index in [9.17, 15) is 4.79 Å². The summed E-state index contributed by atoms with van der Waals surface area (Å²) >= 11 is 0. The van der Waals surface area contributed by atoms with E-state index >= 15 is 0 Å². The predicted octanol–water partition coefficient (Wildman–Crippen LogP) is 3.11. The second-order valence-corrected chi connectivity index (χ2v) is 6.94. The Hall–Kier alpha value is -2.11. The molecule has 6 nitrogen and oxygen atoms in total. The molecule has 0 bridgehead atoms. The van der Waals surface area contributed by atoms with Gasteiger partial charge >= 0.3 is 0 Å². The Bertz CT molecular complexity index is 689. The van der Waals surface area contributed by atoms with Crippen molar-refractivity contribution in [1.29, 1.82) is 0 Å². The Kier molecular flexibility index (Phi) is 5.02. The maximum atomic E-state index is 12.7. The summed E-state index contributed by atoms with van der Waals surface area (Å²) in [5.74, 6) is 2.60. The van der Waals surface area contributed by atoms with Crippen molar-refractivity contribution in [2.45, 2.75) is 52.5 Å². The monoisotopic (exact) mass is 330 g/mol. The highest BCUT2D eigenvalue weighted by molar-refractivity contribution is 5.92. The minimum Gasteiger partial charge on any atom is -0.361 e. The molecule has 1 atom stereocenters. The molecule has 0 saturated carbocycles. The number of nitrogens with zero attached hydrogens (tertiary/aromatic N) is 4. The number of carbonyl (C=O) groups excluding carboxylic acids is 1. The van der Waals surface area contributed by atoms with Crippen molar-refractivity contribution >= 4 is 5.91 Å². The number of aromatic nitrogens is 3. The Morgan fingerprint density at radius 2 is 2.29 bits per heavy atom. The van der Waals surface area contributed by atoms with E-state index in [2.05, 4.69) is 35.5 Å². The van der Waals surface area contributed by atoms with E-state index < -0.39 is 0 Å². The standard InChI is InChI=1S/C18H26N4O2/c1-4-21-9-7-19-17(21)14-6-5-8-22(12-14)18(23)16-11-15(24-20-16)10-13(2)3/h7,9,11,13-14H,4-6,8,10,12H2,1-3H3/t14-/m1/s1. The van der Waals surface area contributed by atoms with E-state index in [0.29, 0.717) is 24.1 Å². The number of hydrogen-bond donors (Lipinski definition) is 0. The molecule has 1 aliphatic rings. The summed E-state index contributed by atoms with van der Waals surface area (Å²) in [6, 6.07) is 1.79. The van der Waals surface area contributed by atoms with E-state index in [0.717, 1.165) is 43.9 Å². The Morgan fingerprint density at radius 3 is 3.04 bits per heavy atom. The Labute approximate surface area is 142 Å². The van der Waals surface area contributed by atoms with Crippen molar-refractivity contribution in [2.75, 3.05) is 13.1 Å². The van der Waals surface area contributed by atoms with Gasteiger partial charge in [0.15, 0.2) is 5.69 Å². The molecule has 0 aliphatic carbocycles. The first kappa shape index (κ1) is 16.7. The lowest BCUT2D eigenvalue weighted by atomic mass is 9.96.